The van der Waals surface area contributed by atoms with Gasteiger partial charge in [-0.1, -0.05) is 18.2 Å². The molecule has 22 heavy (non-hydrogen) atoms. The normalized spacial score (nSPS) is 11.2. The number of nitrogens with one attached hydrogen (secondary N) is 2. The van der Waals surface area contributed by atoms with Crippen LogP contribution in [-0.2, 0) is 10.0 Å². The molecule has 0 fully saturated rings. The number of hydrazine groups is 1. The molecule has 2 aromatic carbocycles. The van der Waals surface area contributed by atoms with Gasteiger partial charge in [-0.05, 0) is 24.3 Å². The Balaban J connectivity index is 2.21. The average molecular weight is 328 g/mol. The Hall–Kier alpha value is -2.52. The summed E-state index contributed by atoms with van der Waals surface area (Å²) in [6.07, 6.45) is 0. The second-order valence-corrected chi connectivity index (χ2v) is 5.75. The fourth-order valence-electron chi connectivity index (χ4n) is 1.64. The monoisotopic (exact) mass is 328 g/mol. The number of halogens is 2. The van der Waals surface area contributed by atoms with Crippen LogP contribution in [0.25, 0.3) is 0 Å². The first kappa shape index (κ1) is 15.9. The van der Waals surface area contributed by atoms with Crippen LogP contribution in [-0.4, -0.2) is 19.4 Å². The molecule has 0 aromatic heterocycles. The van der Waals surface area contributed by atoms with Crippen molar-refractivity contribution in [2.24, 2.45) is 0 Å². The van der Waals surface area contributed by atoms with Gasteiger partial charge in [0.15, 0.2) is 4.90 Å². The number of aromatic hydroxyl groups is 1. The van der Waals surface area contributed by atoms with Crippen LogP contribution >= 0.6 is 0 Å². The number of hydrogen-bond donors (Lipinski definition) is 3. The Morgan fingerprint density at radius 3 is 2.18 bits per heavy atom. The van der Waals surface area contributed by atoms with Crippen LogP contribution in [0.4, 0.5) is 8.78 Å². The van der Waals surface area contributed by atoms with E-state index in [0.29, 0.717) is 0 Å². The maximum atomic E-state index is 13.4. The van der Waals surface area contributed by atoms with E-state index in [1.807, 2.05) is 0 Å². The summed E-state index contributed by atoms with van der Waals surface area (Å²) >= 11 is 0. The number of para-hydroxylation sites is 1. The third-order valence-corrected chi connectivity index (χ3v) is 3.93. The molecule has 9 heteroatoms. The van der Waals surface area contributed by atoms with E-state index in [2.05, 4.69) is 0 Å². The SMILES string of the molecule is O=C(NNS(=O)(=O)c1c(F)cccc1F)c1ccccc1O. The van der Waals surface area contributed by atoms with Crippen LogP contribution < -0.4 is 10.3 Å². The van der Waals surface area contributed by atoms with E-state index in [1.165, 1.54) is 24.3 Å². The Morgan fingerprint density at radius 2 is 1.59 bits per heavy atom. The van der Waals surface area contributed by atoms with E-state index in [0.717, 1.165) is 18.2 Å². The van der Waals surface area contributed by atoms with Crippen molar-refractivity contribution in [2.75, 3.05) is 0 Å². The fraction of sp³-hybridized carbons (Fsp3) is 0. The minimum atomic E-state index is -4.65. The van der Waals surface area contributed by atoms with Gasteiger partial charge in [-0.25, -0.2) is 17.2 Å². The van der Waals surface area contributed by atoms with Crippen molar-refractivity contribution in [3.05, 3.63) is 59.7 Å². The average Bonchev–Trinajstić information content (AvgIpc) is 2.45. The molecular weight excluding hydrogens is 318 g/mol. The highest BCUT2D eigenvalue weighted by atomic mass is 32.2. The highest BCUT2D eigenvalue weighted by Gasteiger charge is 2.24. The summed E-state index contributed by atoms with van der Waals surface area (Å²) in [5, 5.41) is 9.46. The van der Waals surface area contributed by atoms with E-state index in [1.54, 1.807) is 10.3 Å². The molecule has 0 spiro atoms. The van der Waals surface area contributed by atoms with Gasteiger partial charge >= 0.3 is 0 Å². The molecule has 0 heterocycles. The van der Waals surface area contributed by atoms with Crippen molar-refractivity contribution < 1.29 is 27.1 Å². The molecule has 116 valence electrons. The summed E-state index contributed by atoms with van der Waals surface area (Å²) in [5.74, 6) is -3.97. The molecule has 0 aliphatic carbocycles. The van der Waals surface area contributed by atoms with Gasteiger partial charge in [0.25, 0.3) is 15.9 Å². The highest BCUT2D eigenvalue weighted by molar-refractivity contribution is 7.89. The maximum absolute atomic E-state index is 13.4. The zero-order chi connectivity index (χ0) is 16.3. The number of phenols is 1. The third-order valence-electron chi connectivity index (χ3n) is 2.64. The van der Waals surface area contributed by atoms with Crippen LogP contribution in [0, 0.1) is 11.6 Å². The second kappa shape index (κ2) is 6.08. The number of amides is 1. The standard InChI is InChI=1S/C13H10F2N2O4S/c14-9-5-3-6-10(15)12(9)22(20,21)17-16-13(19)8-4-1-2-7-11(8)18/h1-7,17-18H,(H,16,19). The number of benzene rings is 2. The first-order valence-electron chi connectivity index (χ1n) is 5.87. The van der Waals surface area contributed by atoms with Crippen LogP contribution in [0.3, 0.4) is 0 Å². The zero-order valence-corrected chi connectivity index (χ0v) is 11.7. The Kier molecular flexibility index (Phi) is 4.38. The first-order chi connectivity index (χ1) is 10.3. The molecular formula is C13H10F2N2O4S. The molecule has 2 rings (SSSR count). The molecule has 0 radical (unpaired) electrons. The topological polar surface area (TPSA) is 95.5 Å². The highest BCUT2D eigenvalue weighted by Crippen LogP contribution is 2.18. The van der Waals surface area contributed by atoms with Gasteiger partial charge in [-0.15, -0.1) is 4.83 Å². The quantitative estimate of drug-likeness (QED) is 0.737. The first-order valence-corrected chi connectivity index (χ1v) is 7.35. The summed E-state index contributed by atoms with van der Waals surface area (Å²) in [7, 11) is -4.65. The Labute approximate surface area is 124 Å². The largest absolute Gasteiger partial charge is 0.507 e. The zero-order valence-electron chi connectivity index (χ0n) is 10.9. The number of carbonyl (C=O) groups excluding carboxylic acids is 1. The van der Waals surface area contributed by atoms with Crippen molar-refractivity contribution in [1.29, 1.82) is 0 Å². The van der Waals surface area contributed by atoms with Gasteiger partial charge in [0.1, 0.15) is 17.4 Å². The van der Waals surface area contributed by atoms with Crippen LogP contribution in [0.5, 0.6) is 5.75 Å². The molecule has 0 saturated carbocycles. The lowest BCUT2D eigenvalue weighted by Crippen LogP contribution is -2.42. The molecule has 0 aliphatic rings. The van der Waals surface area contributed by atoms with Gasteiger partial charge < -0.3 is 5.11 Å². The third kappa shape index (κ3) is 3.21. The predicted molar refractivity (Wildman–Crippen MR) is 72.3 cm³/mol. The number of rotatable bonds is 4. The minimum Gasteiger partial charge on any atom is -0.507 e. The minimum absolute atomic E-state index is 0.209. The molecule has 2 aromatic rings. The van der Waals surface area contributed by atoms with Crippen molar-refractivity contribution in [2.45, 2.75) is 4.90 Å². The van der Waals surface area contributed by atoms with Gasteiger partial charge in [-0.3, -0.25) is 10.2 Å². The second-order valence-electron chi connectivity index (χ2n) is 4.13. The molecule has 0 bridgehead atoms. The summed E-state index contributed by atoms with van der Waals surface area (Å²) in [6.45, 7) is 0. The Bertz CT molecular complexity index is 804. The van der Waals surface area contributed by atoms with Crippen molar-refractivity contribution in [3.8, 4) is 5.75 Å². The lowest BCUT2D eigenvalue weighted by Gasteiger charge is -2.10. The molecule has 0 atom stereocenters. The molecule has 6 nitrogen and oxygen atoms in total. The van der Waals surface area contributed by atoms with Crippen LogP contribution in [0.1, 0.15) is 10.4 Å². The van der Waals surface area contributed by atoms with Gasteiger partial charge in [0.05, 0.1) is 5.56 Å². The summed E-state index contributed by atoms with van der Waals surface area (Å²) < 4.78 is 50.5. The number of carbonyl (C=O) groups is 1. The lowest BCUT2D eigenvalue weighted by molar-refractivity contribution is 0.0942. The van der Waals surface area contributed by atoms with E-state index in [-0.39, 0.29) is 11.3 Å². The number of phenolic OH excluding ortho intramolecular Hbond substituents is 1. The fourth-order valence-corrected chi connectivity index (χ4v) is 2.62. The summed E-state index contributed by atoms with van der Waals surface area (Å²) in [4.78, 5) is 12.1. The van der Waals surface area contributed by atoms with E-state index in [9.17, 15) is 27.1 Å². The van der Waals surface area contributed by atoms with Crippen molar-refractivity contribution in [1.82, 2.24) is 10.3 Å². The number of hydrogen-bond acceptors (Lipinski definition) is 4. The molecule has 1 amide bonds. The molecule has 0 aliphatic heterocycles. The smallest absolute Gasteiger partial charge is 0.269 e. The molecule has 0 saturated heterocycles. The van der Waals surface area contributed by atoms with E-state index in [4.69, 9.17) is 0 Å². The Morgan fingerprint density at radius 1 is 1.00 bits per heavy atom. The summed E-state index contributed by atoms with van der Waals surface area (Å²) in [5.41, 5.74) is 1.55. The van der Waals surface area contributed by atoms with E-state index >= 15 is 0 Å². The number of sulfonamides is 1. The van der Waals surface area contributed by atoms with Gasteiger partial charge in [-0.2, -0.15) is 0 Å². The molecule has 3 N–H and O–H groups in total. The predicted octanol–water partition coefficient (Wildman–Crippen LogP) is 1.29. The van der Waals surface area contributed by atoms with E-state index < -0.39 is 32.5 Å². The molecule has 0 unspecified atom stereocenters. The lowest BCUT2D eigenvalue weighted by atomic mass is 10.2. The van der Waals surface area contributed by atoms with Crippen molar-refractivity contribution >= 4 is 15.9 Å². The van der Waals surface area contributed by atoms with Crippen LogP contribution in [0.15, 0.2) is 47.4 Å². The maximum Gasteiger partial charge on any atom is 0.269 e. The van der Waals surface area contributed by atoms with Crippen LogP contribution in [0.2, 0.25) is 0 Å². The summed E-state index contributed by atoms with van der Waals surface area (Å²) in [6, 6.07) is 7.91. The van der Waals surface area contributed by atoms with Crippen molar-refractivity contribution in [3.63, 3.8) is 0 Å². The van der Waals surface area contributed by atoms with Gasteiger partial charge in [0, 0.05) is 0 Å². The van der Waals surface area contributed by atoms with Gasteiger partial charge in [0.2, 0.25) is 0 Å².